The van der Waals surface area contributed by atoms with Gasteiger partial charge < -0.3 is 14.6 Å². The van der Waals surface area contributed by atoms with Gasteiger partial charge in [0.25, 0.3) is 0 Å². The quantitative estimate of drug-likeness (QED) is 0.782. The van der Waals surface area contributed by atoms with Crippen LogP contribution in [0.15, 0.2) is 10.6 Å². The first-order valence-electron chi connectivity index (χ1n) is 5.27. The number of ether oxygens (including phenoxy) is 1. The van der Waals surface area contributed by atoms with Crippen LogP contribution in [0.25, 0.3) is 0 Å². The Hall–Kier alpha value is -1.77. The molecule has 0 aliphatic rings. The van der Waals surface area contributed by atoms with Gasteiger partial charge in [0.05, 0.1) is 12.4 Å². The van der Waals surface area contributed by atoms with Gasteiger partial charge in [0, 0.05) is 12.6 Å². The lowest BCUT2D eigenvalue weighted by Crippen LogP contribution is -2.31. The Kier molecular flexibility index (Phi) is 4.95. The maximum Gasteiger partial charge on any atom is 0.407 e. The normalized spacial score (nSPS) is 11.0. The lowest BCUT2D eigenvalue weighted by molar-refractivity contribution is 0.153. The van der Waals surface area contributed by atoms with Crippen LogP contribution in [0.2, 0.25) is 0 Å². The standard InChI is InChI=1S/C9H15N3O5S/c1-3-16-9(13)10-4-5-18(14,15)12-8-6-7(2)17-11-8/h6H,3-5H2,1-2H3,(H,10,13)(H,11,12). The van der Waals surface area contributed by atoms with Gasteiger partial charge in [-0.2, -0.15) is 0 Å². The lowest BCUT2D eigenvalue weighted by Gasteiger charge is -2.06. The molecular formula is C9H15N3O5S. The molecule has 0 aliphatic carbocycles. The van der Waals surface area contributed by atoms with Crippen molar-refractivity contribution < 1.29 is 22.5 Å². The first-order valence-corrected chi connectivity index (χ1v) is 6.92. The van der Waals surface area contributed by atoms with Crippen LogP contribution < -0.4 is 10.0 Å². The Morgan fingerprint density at radius 1 is 1.56 bits per heavy atom. The highest BCUT2D eigenvalue weighted by Crippen LogP contribution is 2.08. The molecule has 0 aliphatic heterocycles. The summed E-state index contributed by atoms with van der Waals surface area (Å²) >= 11 is 0. The van der Waals surface area contributed by atoms with Crippen molar-refractivity contribution in [3.05, 3.63) is 11.8 Å². The van der Waals surface area contributed by atoms with Gasteiger partial charge in [-0.05, 0) is 13.8 Å². The first kappa shape index (κ1) is 14.3. The number of anilines is 1. The van der Waals surface area contributed by atoms with Crippen LogP contribution in [-0.4, -0.2) is 38.6 Å². The van der Waals surface area contributed by atoms with E-state index in [1.54, 1.807) is 13.8 Å². The minimum absolute atomic E-state index is 0.0506. The molecule has 102 valence electrons. The summed E-state index contributed by atoms with van der Waals surface area (Å²) in [6, 6.07) is 1.45. The van der Waals surface area contributed by atoms with Crippen molar-refractivity contribution >= 4 is 21.9 Å². The predicted molar refractivity (Wildman–Crippen MR) is 63.7 cm³/mol. The number of carbonyl (C=O) groups excluding carboxylic acids is 1. The van der Waals surface area contributed by atoms with Gasteiger partial charge in [-0.3, -0.25) is 4.72 Å². The number of nitrogens with zero attached hydrogens (tertiary/aromatic N) is 1. The highest BCUT2D eigenvalue weighted by atomic mass is 32.2. The molecule has 2 N–H and O–H groups in total. The highest BCUT2D eigenvalue weighted by molar-refractivity contribution is 7.92. The minimum atomic E-state index is -3.57. The van der Waals surface area contributed by atoms with Crippen molar-refractivity contribution in [1.29, 1.82) is 0 Å². The van der Waals surface area contributed by atoms with Crippen molar-refractivity contribution in [1.82, 2.24) is 10.5 Å². The molecule has 1 heterocycles. The summed E-state index contributed by atoms with van der Waals surface area (Å²) in [4.78, 5) is 10.9. The second-order valence-electron chi connectivity index (χ2n) is 3.39. The van der Waals surface area contributed by atoms with Crippen LogP contribution in [0, 0.1) is 6.92 Å². The maximum atomic E-state index is 11.6. The fourth-order valence-corrected chi connectivity index (χ4v) is 1.98. The molecule has 9 heteroatoms. The topological polar surface area (TPSA) is 111 Å². The van der Waals surface area contributed by atoms with Crippen LogP contribution in [-0.2, 0) is 14.8 Å². The van der Waals surface area contributed by atoms with E-state index >= 15 is 0 Å². The van der Waals surface area contributed by atoms with Crippen LogP contribution in [0.5, 0.6) is 0 Å². The minimum Gasteiger partial charge on any atom is -0.450 e. The second kappa shape index (κ2) is 6.24. The molecule has 0 radical (unpaired) electrons. The third kappa shape index (κ3) is 5.04. The third-order valence-corrected chi connectivity index (χ3v) is 3.07. The van der Waals surface area contributed by atoms with Crippen LogP contribution >= 0.6 is 0 Å². The number of aryl methyl sites for hydroxylation is 1. The molecule has 1 rings (SSSR count). The van der Waals surface area contributed by atoms with E-state index in [4.69, 9.17) is 4.52 Å². The summed E-state index contributed by atoms with van der Waals surface area (Å²) in [6.07, 6.45) is -0.648. The van der Waals surface area contributed by atoms with Gasteiger partial charge in [0.15, 0.2) is 5.82 Å². The average molecular weight is 277 g/mol. The van der Waals surface area contributed by atoms with E-state index < -0.39 is 16.1 Å². The van der Waals surface area contributed by atoms with Gasteiger partial charge in [-0.25, -0.2) is 13.2 Å². The smallest absolute Gasteiger partial charge is 0.407 e. The van der Waals surface area contributed by atoms with Gasteiger partial charge in [0.2, 0.25) is 10.0 Å². The summed E-state index contributed by atoms with van der Waals surface area (Å²) in [5, 5.41) is 5.80. The van der Waals surface area contributed by atoms with E-state index in [0.29, 0.717) is 5.76 Å². The fraction of sp³-hybridized carbons (Fsp3) is 0.556. The SMILES string of the molecule is CCOC(=O)NCCS(=O)(=O)Nc1cc(C)on1. The molecule has 8 nitrogen and oxygen atoms in total. The molecule has 0 saturated heterocycles. The number of aromatic nitrogens is 1. The molecule has 1 amide bonds. The number of hydrogen-bond donors (Lipinski definition) is 2. The number of rotatable bonds is 6. The zero-order chi connectivity index (χ0) is 13.6. The number of nitrogens with one attached hydrogen (secondary N) is 2. The third-order valence-electron chi connectivity index (χ3n) is 1.80. The Morgan fingerprint density at radius 2 is 2.28 bits per heavy atom. The zero-order valence-corrected chi connectivity index (χ0v) is 10.9. The van der Waals surface area contributed by atoms with E-state index in [-0.39, 0.29) is 24.7 Å². The van der Waals surface area contributed by atoms with Crippen molar-refractivity contribution in [3.8, 4) is 0 Å². The molecule has 1 aromatic heterocycles. The summed E-state index contributed by atoms with van der Waals surface area (Å²) in [6.45, 7) is 3.48. The average Bonchev–Trinajstić information content (AvgIpc) is 2.63. The van der Waals surface area contributed by atoms with E-state index in [1.165, 1.54) is 6.07 Å². The Labute approximate surface area is 105 Å². The summed E-state index contributed by atoms with van der Waals surface area (Å²) in [7, 11) is -3.57. The van der Waals surface area contributed by atoms with E-state index in [0.717, 1.165) is 0 Å². The van der Waals surface area contributed by atoms with Crippen molar-refractivity contribution in [2.75, 3.05) is 23.6 Å². The number of sulfonamides is 1. The molecule has 0 spiro atoms. The van der Waals surface area contributed by atoms with Crippen molar-refractivity contribution in [3.63, 3.8) is 0 Å². The largest absolute Gasteiger partial charge is 0.450 e. The number of carbonyl (C=O) groups is 1. The predicted octanol–water partition coefficient (Wildman–Crippen LogP) is 0.471. The van der Waals surface area contributed by atoms with Gasteiger partial charge in [-0.1, -0.05) is 5.16 Å². The summed E-state index contributed by atoms with van der Waals surface area (Å²) < 4.78 is 34.7. The van der Waals surface area contributed by atoms with Crippen LogP contribution in [0.3, 0.4) is 0 Å². The molecule has 0 aromatic carbocycles. The van der Waals surface area contributed by atoms with E-state index in [2.05, 4.69) is 19.9 Å². The Morgan fingerprint density at radius 3 is 2.83 bits per heavy atom. The monoisotopic (exact) mass is 277 g/mol. The molecule has 0 fully saturated rings. The van der Waals surface area contributed by atoms with E-state index in [1.807, 2.05) is 0 Å². The van der Waals surface area contributed by atoms with Crippen molar-refractivity contribution in [2.24, 2.45) is 0 Å². The maximum absolute atomic E-state index is 11.6. The molecule has 0 unspecified atom stereocenters. The number of hydrogen-bond acceptors (Lipinski definition) is 6. The van der Waals surface area contributed by atoms with Gasteiger partial charge >= 0.3 is 6.09 Å². The van der Waals surface area contributed by atoms with Crippen LogP contribution in [0.1, 0.15) is 12.7 Å². The summed E-state index contributed by atoms with van der Waals surface area (Å²) in [5.74, 6) is 0.332. The second-order valence-corrected chi connectivity index (χ2v) is 5.23. The molecule has 1 aromatic rings. The number of alkyl carbamates (subject to hydrolysis) is 1. The molecular weight excluding hydrogens is 262 g/mol. The fourth-order valence-electron chi connectivity index (χ4n) is 1.09. The first-order chi connectivity index (χ1) is 8.43. The highest BCUT2D eigenvalue weighted by Gasteiger charge is 2.13. The van der Waals surface area contributed by atoms with Gasteiger partial charge in [0.1, 0.15) is 5.76 Å². The molecule has 18 heavy (non-hydrogen) atoms. The zero-order valence-electron chi connectivity index (χ0n) is 10.1. The van der Waals surface area contributed by atoms with Crippen molar-refractivity contribution in [2.45, 2.75) is 13.8 Å². The summed E-state index contributed by atoms with van der Waals surface area (Å²) in [5.41, 5.74) is 0. The van der Waals surface area contributed by atoms with E-state index in [9.17, 15) is 13.2 Å². The lowest BCUT2D eigenvalue weighted by atomic mass is 10.5. The Bertz CT molecular complexity index is 496. The molecule has 0 bridgehead atoms. The van der Waals surface area contributed by atoms with Gasteiger partial charge in [-0.15, -0.1) is 0 Å². The number of amides is 1. The molecule has 0 saturated carbocycles. The van der Waals surface area contributed by atoms with Crippen LogP contribution in [0.4, 0.5) is 10.6 Å². The molecule has 0 atom stereocenters. The Balaban J connectivity index is 2.38.